The van der Waals surface area contributed by atoms with Crippen molar-refractivity contribution >= 4 is 11.6 Å². The van der Waals surface area contributed by atoms with Crippen molar-refractivity contribution in [2.75, 3.05) is 7.05 Å². The average molecular weight is 254 g/mol. The average Bonchev–Trinajstić information content (AvgIpc) is 2.57. The minimum atomic E-state index is -0.298. The van der Waals surface area contributed by atoms with E-state index in [1.165, 1.54) is 6.07 Å². The van der Waals surface area contributed by atoms with Crippen LogP contribution < -0.4 is 5.32 Å². The van der Waals surface area contributed by atoms with Crippen molar-refractivity contribution in [1.29, 1.82) is 0 Å². The number of hydrogen-bond acceptors (Lipinski definition) is 2. The zero-order valence-corrected chi connectivity index (χ0v) is 10.4. The number of imidazole rings is 1. The van der Waals surface area contributed by atoms with E-state index >= 15 is 0 Å². The fourth-order valence-corrected chi connectivity index (χ4v) is 2.10. The Kier molecular flexibility index (Phi) is 3.45. The van der Waals surface area contributed by atoms with E-state index in [1.807, 2.05) is 14.1 Å². The lowest BCUT2D eigenvalue weighted by Crippen LogP contribution is -2.10. The Bertz CT molecular complexity index is 537. The molecule has 17 heavy (non-hydrogen) atoms. The van der Waals surface area contributed by atoms with Crippen molar-refractivity contribution in [3.8, 4) is 11.3 Å². The van der Waals surface area contributed by atoms with E-state index in [-0.39, 0.29) is 5.82 Å². The van der Waals surface area contributed by atoms with Crippen LogP contribution >= 0.6 is 11.6 Å². The van der Waals surface area contributed by atoms with Crippen LogP contribution in [0, 0.1) is 5.82 Å². The fourth-order valence-electron chi connectivity index (χ4n) is 1.77. The third-order valence-corrected chi connectivity index (χ3v) is 2.87. The van der Waals surface area contributed by atoms with Crippen molar-refractivity contribution in [1.82, 2.24) is 14.9 Å². The van der Waals surface area contributed by atoms with Crippen molar-refractivity contribution in [2.45, 2.75) is 6.54 Å². The predicted octanol–water partition coefficient (Wildman–Crippen LogP) is 2.60. The lowest BCUT2D eigenvalue weighted by atomic mass is 10.1. The summed E-state index contributed by atoms with van der Waals surface area (Å²) in [5, 5.41) is 3.32. The highest BCUT2D eigenvalue weighted by Crippen LogP contribution is 2.29. The molecular formula is C12H13ClFN3. The van der Waals surface area contributed by atoms with Gasteiger partial charge in [0.15, 0.2) is 5.15 Å². The van der Waals surface area contributed by atoms with E-state index in [0.717, 1.165) is 5.82 Å². The zero-order chi connectivity index (χ0) is 12.4. The van der Waals surface area contributed by atoms with Crippen LogP contribution in [0.4, 0.5) is 4.39 Å². The molecule has 0 spiro atoms. The van der Waals surface area contributed by atoms with Crippen LogP contribution in [0.25, 0.3) is 11.3 Å². The monoisotopic (exact) mass is 253 g/mol. The SMILES string of the molecule is CNCc1nc(Cl)c(-c2ccccc2F)n1C. The number of benzene rings is 1. The van der Waals surface area contributed by atoms with Crippen LogP contribution in [0.1, 0.15) is 5.82 Å². The Morgan fingerprint density at radius 3 is 2.76 bits per heavy atom. The third-order valence-electron chi connectivity index (χ3n) is 2.61. The molecule has 3 nitrogen and oxygen atoms in total. The highest BCUT2D eigenvalue weighted by Gasteiger charge is 2.16. The van der Waals surface area contributed by atoms with E-state index in [4.69, 9.17) is 11.6 Å². The lowest BCUT2D eigenvalue weighted by Gasteiger charge is -2.06. The predicted molar refractivity (Wildman–Crippen MR) is 66.4 cm³/mol. The minimum absolute atomic E-state index is 0.298. The highest BCUT2D eigenvalue weighted by atomic mass is 35.5. The molecule has 0 aliphatic rings. The quantitative estimate of drug-likeness (QED) is 0.911. The van der Waals surface area contributed by atoms with Crippen LogP contribution in [0.15, 0.2) is 24.3 Å². The molecule has 5 heteroatoms. The summed E-state index contributed by atoms with van der Waals surface area (Å²) in [6.07, 6.45) is 0. The van der Waals surface area contributed by atoms with E-state index in [2.05, 4.69) is 10.3 Å². The number of nitrogens with zero attached hydrogens (tertiary/aromatic N) is 2. The number of nitrogens with one attached hydrogen (secondary N) is 1. The van der Waals surface area contributed by atoms with E-state index < -0.39 is 0 Å². The van der Waals surface area contributed by atoms with Crippen LogP contribution in [-0.2, 0) is 13.6 Å². The summed E-state index contributed by atoms with van der Waals surface area (Å²) in [6.45, 7) is 0.588. The van der Waals surface area contributed by atoms with Gasteiger partial charge in [-0.15, -0.1) is 0 Å². The molecule has 0 unspecified atom stereocenters. The van der Waals surface area contributed by atoms with Gasteiger partial charge in [0.2, 0.25) is 0 Å². The fraction of sp³-hybridized carbons (Fsp3) is 0.250. The van der Waals surface area contributed by atoms with Gasteiger partial charge in [-0.3, -0.25) is 0 Å². The summed E-state index contributed by atoms with van der Waals surface area (Å²) in [7, 11) is 3.65. The molecule has 0 atom stereocenters. The van der Waals surface area contributed by atoms with Gasteiger partial charge in [-0.2, -0.15) is 0 Å². The summed E-state index contributed by atoms with van der Waals surface area (Å²) in [4.78, 5) is 4.22. The Balaban J connectivity index is 2.56. The van der Waals surface area contributed by atoms with E-state index in [0.29, 0.717) is 23.0 Å². The molecule has 2 rings (SSSR count). The van der Waals surface area contributed by atoms with Crippen LogP contribution in [-0.4, -0.2) is 16.6 Å². The van der Waals surface area contributed by atoms with Gasteiger partial charge in [-0.05, 0) is 19.2 Å². The number of rotatable bonds is 3. The van der Waals surface area contributed by atoms with Gasteiger partial charge >= 0.3 is 0 Å². The van der Waals surface area contributed by atoms with Gasteiger partial charge in [0.25, 0.3) is 0 Å². The van der Waals surface area contributed by atoms with E-state index in [9.17, 15) is 4.39 Å². The molecule has 0 amide bonds. The first-order chi connectivity index (χ1) is 8.15. The molecule has 0 radical (unpaired) electrons. The summed E-state index contributed by atoms with van der Waals surface area (Å²) in [5.74, 6) is 0.476. The third kappa shape index (κ3) is 2.18. The maximum absolute atomic E-state index is 13.7. The molecule has 1 aromatic heterocycles. The van der Waals surface area contributed by atoms with Crippen molar-refractivity contribution in [3.05, 3.63) is 41.1 Å². The molecule has 0 saturated heterocycles. The normalized spacial score (nSPS) is 10.8. The van der Waals surface area contributed by atoms with Gasteiger partial charge in [0.05, 0.1) is 12.2 Å². The summed E-state index contributed by atoms with van der Waals surface area (Å²) >= 11 is 6.07. The molecule has 0 aliphatic carbocycles. The first kappa shape index (κ1) is 12.1. The molecule has 0 fully saturated rings. The molecular weight excluding hydrogens is 241 g/mol. The molecule has 0 bridgehead atoms. The zero-order valence-electron chi connectivity index (χ0n) is 9.67. The van der Waals surface area contributed by atoms with Gasteiger partial charge in [-0.1, -0.05) is 23.7 Å². The highest BCUT2D eigenvalue weighted by molar-refractivity contribution is 6.32. The largest absolute Gasteiger partial charge is 0.329 e. The van der Waals surface area contributed by atoms with Gasteiger partial charge < -0.3 is 9.88 Å². The second-order valence-electron chi connectivity index (χ2n) is 3.74. The van der Waals surface area contributed by atoms with E-state index in [1.54, 1.807) is 22.8 Å². The Morgan fingerprint density at radius 2 is 2.12 bits per heavy atom. The standard InChI is InChI=1S/C12H13ClFN3/c1-15-7-10-16-12(13)11(17(10)2)8-5-3-4-6-9(8)14/h3-6,15H,7H2,1-2H3. The maximum Gasteiger partial charge on any atom is 0.155 e. The number of aromatic nitrogens is 2. The second-order valence-corrected chi connectivity index (χ2v) is 4.09. The topological polar surface area (TPSA) is 29.9 Å². The smallest absolute Gasteiger partial charge is 0.155 e. The molecule has 1 heterocycles. The summed E-state index contributed by atoms with van der Waals surface area (Å²) < 4.78 is 15.5. The molecule has 1 N–H and O–H groups in total. The molecule has 0 aliphatic heterocycles. The maximum atomic E-state index is 13.7. The minimum Gasteiger partial charge on any atom is -0.329 e. The Morgan fingerprint density at radius 1 is 1.41 bits per heavy atom. The molecule has 1 aromatic carbocycles. The second kappa shape index (κ2) is 4.85. The van der Waals surface area contributed by atoms with Gasteiger partial charge in [0, 0.05) is 12.6 Å². The summed E-state index contributed by atoms with van der Waals surface area (Å²) in [6, 6.07) is 6.54. The number of halogens is 2. The van der Waals surface area contributed by atoms with Crippen LogP contribution in [0.5, 0.6) is 0 Å². The van der Waals surface area contributed by atoms with Crippen LogP contribution in [0.3, 0.4) is 0 Å². The van der Waals surface area contributed by atoms with Gasteiger partial charge in [-0.25, -0.2) is 9.37 Å². The first-order valence-corrected chi connectivity index (χ1v) is 5.63. The summed E-state index contributed by atoms with van der Waals surface area (Å²) in [5.41, 5.74) is 1.07. The van der Waals surface area contributed by atoms with Crippen molar-refractivity contribution < 1.29 is 4.39 Å². The first-order valence-electron chi connectivity index (χ1n) is 5.25. The molecule has 0 saturated carbocycles. The van der Waals surface area contributed by atoms with Crippen molar-refractivity contribution in [2.24, 2.45) is 7.05 Å². The number of hydrogen-bond donors (Lipinski definition) is 1. The van der Waals surface area contributed by atoms with Gasteiger partial charge in [0.1, 0.15) is 11.6 Å². The molecule has 2 aromatic rings. The molecule has 90 valence electrons. The van der Waals surface area contributed by atoms with Crippen LogP contribution in [0.2, 0.25) is 5.15 Å². The van der Waals surface area contributed by atoms with Crippen molar-refractivity contribution in [3.63, 3.8) is 0 Å². The Hall–Kier alpha value is -1.39. The Labute approximate surface area is 104 Å². The lowest BCUT2D eigenvalue weighted by molar-refractivity contribution is 0.628.